The lowest BCUT2D eigenvalue weighted by atomic mass is 10.1. The summed E-state index contributed by atoms with van der Waals surface area (Å²) < 4.78 is 0. The number of benzene rings is 2. The van der Waals surface area contributed by atoms with Crippen LogP contribution in [0.3, 0.4) is 0 Å². The van der Waals surface area contributed by atoms with Gasteiger partial charge in [0, 0.05) is 22.9 Å². The van der Waals surface area contributed by atoms with Crippen molar-refractivity contribution >= 4 is 34.6 Å². The fourth-order valence-electron chi connectivity index (χ4n) is 2.29. The Bertz CT molecular complexity index is 734. The third-order valence-electron chi connectivity index (χ3n) is 3.50. The summed E-state index contributed by atoms with van der Waals surface area (Å²) in [5.74, 6) is 1.88. The van der Waals surface area contributed by atoms with Crippen LogP contribution in [0.5, 0.6) is 0 Å². The Morgan fingerprint density at radius 3 is 2.77 bits per heavy atom. The van der Waals surface area contributed by atoms with E-state index in [0.29, 0.717) is 6.54 Å². The van der Waals surface area contributed by atoms with Gasteiger partial charge in [-0.1, -0.05) is 36.0 Å². The minimum Gasteiger partial charge on any atom is -0.333 e. The standard InChI is InChI=1S/C17H19N3S2/c1-12-13(5-4-8-16(12)21-10-9-18)11-22-17-19-14-6-2-3-7-15(14)20-17/h2-8H,9-11,18H2,1H3,(H,19,20). The van der Waals surface area contributed by atoms with E-state index in [1.807, 2.05) is 30.0 Å². The Labute approximate surface area is 139 Å². The molecule has 0 fully saturated rings. The lowest BCUT2D eigenvalue weighted by Crippen LogP contribution is -2.01. The number of hydrogen-bond donors (Lipinski definition) is 2. The molecule has 0 aliphatic carbocycles. The van der Waals surface area contributed by atoms with E-state index in [1.54, 1.807) is 11.8 Å². The van der Waals surface area contributed by atoms with Gasteiger partial charge in [0.05, 0.1) is 11.0 Å². The van der Waals surface area contributed by atoms with Crippen molar-refractivity contribution in [2.24, 2.45) is 5.73 Å². The van der Waals surface area contributed by atoms with Crippen LogP contribution in [0.15, 0.2) is 52.5 Å². The normalized spacial score (nSPS) is 11.2. The molecule has 22 heavy (non-hydrogen) atoms. The second-order valence-corrected chi connectivity index (χ2v) is 7.13. The number of rotatable bonds is 6. The van der Waals surface area contributed by atoms with Crippen LogP contribution >= 0.6 is 23.5 Å². The number of imidazole rings is 1. The SMILES string of the molecule is Cc1c(CSc2nc3ccccc3[nH]2)cccc1SCCN. The number of aromatic nitrogens is 2. The molecule has 0 aliphatic heterocycles. The largest absolute Gasteiger partial charge is 0.333 e. The van der Waals surface area contributed by atoms with E-state index in [9.17, 15) is 0 Å². The average molecular weight is 329 g/mol. The first-order chi connectivity index (χ1) is 10.8. The number of nitrogens with zero attached hydrogens (tertiary/aromatic N) is 1. The van der Waals surface area contributed by atoms with Crippen LogP contribution in [-0.4, -0.2) is 22.3 Å². The molecule has 3 nitrogen and oxygen atoms in total. The lowest BCUT2D eigenvalue weighted by molar-refractivity contribution is 1.08. The summed E-state index contributed by atoms with van der Waals surface area (Å²) in [6.07, 6.45) is 0. The van der Waals surface area contributed by atoms with Gasteiger partial charge in [0.25, 0.3) is 0 Å². The summed E-state index contributed by atoms with van der Waals surface area (Å²) in [6.45, 7) is 2.90. The van der Waals surface area contributed by atoms with Gasteiger partial charge in [0.1, 0.15) is 0 Å². The Hall–Kier alpha value is -1.43. The fraction of sp³-hybridized carbons (Fsp3) is 0.235. The van der Waals surface area contributed by atoms with Crippen LogP contribution < -0.4 is 5.73 Å². The van der Waals surface area contributed by atoms with E-state index in [4.69, 9.17) is 5.73 Å². The maximum absolute atomic E-state index is 5.60. The number of thioether (sulfide) groups is 2. The number of para-hydroxylation sites is 2. The monoisotopic (exact) mass is 329 g/mol. The van der Waals surface area contributed by atoms with Gasteiger partial charge in [-0.25, -0.2) is 4.98 Å². The van der Waals surface area contributed by atoms with Crippen LogP contribution in [0.4, 0.5) is 0 Å². The second kappa shape index (κ2) is 7.22. The molecule has 5 heteroatoms. The molecule has 3 aromatic rings. The minimum absolute atomic E-state index is 0.710. The summed E-state index contributed by atoms with van der Waals surface area (Å²) in [5, 5.41) is 0.973. The first-order valence-electron chi connectivity index (χ1n) is 7.27. The van der Waals surface area contributed by atoms with Crippen LogP contribution in [-0.2, 0) is 5.75 Å². The summed E-state index contributed by atoms with van der Waals surface area (Å²) in [5.41, 5.74) is 10.4. The van der Waals surface area contributed by atoms with E-state index in [-0.39, 0.29) is 0 Å². The molecule has 0 amide bonds. The van der Waals surface area contributed by atoms with Crippen LogP contribution in [0, 0.1) is 6.92 Å². The van der Waals surface area contributed by atoms with Crippen molar-refractivity contribution in [2.45, 2.75) is 22.7 Å². The first-order valence-corrected chi connectivity index (χ1v) is 9.24. The van der Waals surface area contributed by atoms with E-state index >= 15 is 0 Å². The summed E-state index contributed by atoms with van der Waals surface area (Å²) in [7, 11) is 0. The maximum atomic E-state index is 5.60. The van der Waals surface area contributed by atoms with E-state index in [1.165, 1.54) is 16.0 Å². The van der Waals surface area contributed by atoms with Gasteiger partial charge in [-0.15, -0.1) is 11.8 Å². The van der Waals surface area contributed by atoms with Gasteiger partial charge < -0.3 is 10.7 Å². The molecule has 0 bridgehead atoms. The molecular weight excluding hydrogens is 310 g/mol. The van der Waals surface area contributed by atoms with Gasteiger partial charge in [-0.2, -0.15) is 0 Å². The summed E-state index contributed by atoms with van der Waals surface area (Å²) in [6, 6.07) is 14.6. The molecule has 114 valence electrons. The Morgan fingerprint density at radius 1 is 1.09 bits per heavy atom. The van der Waals surface area contributed by atoms with Gasteiger partial charge in [-0.3, -0.25) is 0 Å². The molecular formula is C17H19N3S2. The molecule has 1 aromatic heterocycles. The molecule has 2 aromatic carbocycles. The highest BCUT2D eigenvalue weighted by molar-refractivity contribution is 7.99. The van der Waals surface area contributed by atoms with Crippen molar-refractivity contribution in [1.82, 2.24) is 9.97 Å². The number of hydrogen-bond acceptors (Lipinski definition) is 4. The number of nitrogens with two attached hydrogens (primary N) is 1. The van der Waals surface area contributed by atoms with Crippen LogP contribution in [0.1, 0.15) is 11.1 Å². The van der Waals surface area contributed by atoms with Gasteiger partial charge >= 0.3 is 0 Å². The second-order valence-electron chi connectivity index (χ2n) is 5.03. The molecule has 0 aliphatic rings. The van der Waals surface area contributed by atoms with Crippen molar-refractivity contribution in [3.63, 3.8) is 0 Å². The number of fused-ring (bicyclic) bond motifs is 1. The Kier molecular flexibility index (Phi) is 5.08. The zero-order valence-corrected chi connectivity index (χ0v) is 14.1. The summed E-state index contributed by atoms with van der Waals surface area (Å²) >= 11 is 3.57. The molecule has 0 unspecified atom stereocenters. The van der Waals surface area contributed by atoms with Crippen LogP contribution in [0.25, 0.3) is 11.0 Å². The number of aromatic amines is 1. The van der Waals surface area contributed by atoms with Gasteiger partial charge in [-0.05, 0) is 36.2 Å². The zero-order valence-electron chi connectivity index (χ0n) is 12.5. The van der Waals surface area contributed by atoms with Gasteiger partial charge in [0.15, 0.2) is 5.16 Å². The summed E-state index contributed by atoms with van der Waals surface area (Å²) in [4.78, 5) is 9.31. The molecule has 0 saturated carbocycles. The third kappa shape index (κ3) is 3.48. The highest BCUT2D eigenvalue weighted by Gasteiger charge is 2.07. The highest BCUT2D eigenvalue weighted by atomic mass is 32.2. The molecule has 0 saturated heterocycles. The maximum Gasteiger partial charge on any atom is 0.166 e. The predicted octanol–water partition coefficient (Wildman–Crippen LogP) is 4.21. The quantitative estimate of drug-likeness (QED) is 0.665. The van der Waals surface area contributed by atoms with Crippen LogP contribution in [0.2, 0.25) is 0 Å². The van der Waals surface area contributed by atoms with E-state index in [0.717, 1.165) is 27.7 Å². The lowest BCUT2D eigenvalue weighted by Gasteiger charge is -2.09. The zero-order chi connectivity index (χ0) is 15.4. The minimum atomic E-state index is 0.710. The molecule has 0 spiro atoms. The topological polar surface area (TPSA) is 54.7 Å². The van der Waals surface area contributed by atoms with Crippen molar-refractivity contribution in [2.75, 3.05) is 12.3 Å². The van der Waals surface area contributed by atoms with E-state index in [2.05, 4.69) is 41.2 Å². The molecule has 0 atom stereocenters. The smallest absolute Gasteiger partial charge is 0.166 e. The van der Waals surface area contributed by atoms with E-state index < -0.39 is 0 Å². The van der Waals surface area contributed by atoms with Gasteiger partial charge in [0.2, 0.25) is 0 Å². The molecule has 0 radical (unpaired) electrons. The molecule has 1 heterocycles. The van der Waals surface area contributed by atoms with Crippen molar-refractivity contribution < 1.29 is 0 Å². The van der Waals surface area contributed by atoms with Crippen molar-refractivity contribution in [3.05, 3.63) is 53.6 Å². The Morgan fingerprint density at radius 2 is 1.95 bits per heavy atom. The highest BCUT2D eigenvalue weighted by Crippen LogP contribution is 2.29. The average Bonchev–Trinajstić information content (AvgIpc) is 2.95. The number of nitrogens with one attached hydrogen (secondary N) is 1. The molecule has 3 rings (SSSR count). The van der Waals surface area contributed by atoms with Crippen molar-refractivity contribution in [3.8, 4) is 0 Å². The first kappa shape index (κ1) is 15.5. The number of H-pyrrole nitrogens is 1. The molecule has 3 N–H and O–H groups in total. The fourth-order valence-corrected chi connectivity index (χ4v) is 4.10. The third-order valence-corrected chi connectivity index (χ3v) is 5.62. The van der Waals surface area contributed by atoms with Crippen molar-refractivity contribution in [1.29, 1.82) is 0 Å². The Balaban J connectivity index is 1.73. The predicted molar refractivity (Wildman–Crippen MR) is 96.6 cm³/mol.